The van der Waals surface area contributed by atoms with Gasteiger partial charge in [0.15, 0.2) is 0 Å². The molecule has 3 nitrogen and oxygen atoms in total. The highest BCUT2D eigenvalue weighted by molar-refractivity contribution is 5.80. The minimum Gasteiger partial charge on any atom is -0.469 e. The van der Waals surface area contributed by atoms with Crippen molar-refractivity contribution in [3.8, 4) is 0 Å². The Morgan fingerprint density at radius 3 is 2.89 bits per heavy atom. The summed E-state index contributed by atoms with van der Waals surface area (Å²) < 4.78 is 4.91. The van der Waals surface area contributed by atoms with Crippen LogP contribution >= 0.6 is 0 Å². The van der Waals surface area contributed by atoms with E-state index in [1.54, 1.807) is 0 Å². The Bertz CT molecular complexity index is 491. The van der Waals surface area contributed by atoms with Gasteiger partial charge in [0.05, 0.1) is 12.5 Å². The number of carbonyl (C=O) groups is 1. The Morgan fingerprint density at radius 2 is 2.22 bits per heavy atom. The van der Waals surface area contributed by atoms with Gasteiger partial charge in [-0.2, -0.15) is 0 Å². The van der Waals surface area contributed by atoms with E-state index in [4.69, 9.17) is 4.74 Å². The summed E-state index contributed by atoms with van der Waals surface area (Å²) in [5, 5.41) is 0. The number of benzene rings is 1. The van der Waals surface area contributed by atoms with Gasteiger partial charge < -0.3 is 9.64 Å². The summed E-state index contributed by atoms with van der Waals surface area (Å²) >= 11 is 0. The largest absolute Gasteiger partial charge is 0.469 e. The third-order valence-electron chi connectivity index (χ3n) is 4.29. The molecule has 0 spiro atoms. The number of carbonyl (C=O) groups excluding carboxylic acids is 1. The molecule has 1 aromatic rings. The molecule has 1 aliphatic heterocycles. The first-order valence-corrected chi connectivity index (χ1v) is 6.56. The molecule has 0 unspecified atom stereocenters. The van der Waals surface area contributed by atoms with Crippen molar-refractivity contribution in [2.45, 2.75) is 25.7 Å². The van der Waals surface area contributed by atoms with Crippen LogP contribution in [0, 0.1) is 5.41 Å². The Morgan fingerprint density at radius 1 is 1.44 bits per heavy atom. The zero-order valence-electron chi connectivity index (χ0n) is 11.0. The highest BCUT2D eigenvalue weighted by atomic mass is 16.5. The van der Waals surface area contributed by atoms with Crippen molar-refractivity contribution in [3.05, 3.63) is 29.3 Å². The van der Waals surface area contributed by atoms with Gasteiger partial charge in [-0.3, -0.25) is 4.79 Å². The summed E-state index contributed by atoms with van der Waals surface area (Å²) in [5.41, 5.74) is 3.80. The molecule has 0 aromatic heterocycles. The fourth-order valence-electron chi connectivity index (χ4n) is 2.94. The molecule has 2 aliphatic rings. The van der Waals surface area contributed by atoms with Crippen LogP contribution in [-0.4, -0.2) is 26.7 Å². The van der Waals surface area contributed by atoms with Gasteiger partial charge in [0, 0.05) is 19.3 Å². The second-order valence-electron chi connectivity index (χ2n) is 5.58. The van der Waals surface area contributed by atoms with E-state index in [2.05, 4.69) is 30.1 Å². The molecule has 1 fully saturated rings. The molecule has 0 N–H and O–H groups in total. The molecule has 18 heavy (non-hydrogen) atoms. The minimum absolute atomic E-state index is 0.0416. The Kier molecular flexibility index (Phi) is 2.58. The summed E-state index contributed by atoms with van der Waals surface area (Å²) in [6.45, 7) is 1.10. The molecular formula is C15H19NO2. The quantitative estimate of drug-likeness (QED) is 0.764. The Labute approximate surface area is 108 Å². The molecule has 0 saturated heterocycles. The van der Waals surface area contributed by atoms with Gasteiger partial charge in [0.25, 0.3) is 0 Å². The van der Waals surface area contributed by atoms with Crippen molar-refractivity contribution in [1.82, 2.24) is 0 Å². The highest BCUT2D eigenvalue weighted by Crippen LogP contribution is 2.49. The third kappa shape index (κ3) is 1.78. The van der Waals surface area contributed by atoms with E-state index in [1.165, 1.54) is 23.9 Å². The number of nitrogens with zero attached hydrogens (tertiary/aromatic N) is 1. The summed E-state index contributed by atoms with van der Waals surface area (Å²) in [5.74, 6) is -0.0416. The van der Waals surface area contributed by atoms with Gasteiger partial charge in [-0.25, -0.2) is 0 Å². The number of methoxy groups -OCH3 is 1. The van der Waals surface area contributed by atoms with Crippen molar-refractivity contribution in [1.29, 1.82) is 0 Å². The molecule has 3 heteroatoms. The van der Waals surface area contributed by atoms with Crippen LogP contribution in [0.15, 0.2) is 18.2 Å². The van der Waals surface area contributed by atoms with Crippen LogP contribution in [0.5, 0.6) is 0 Å². The van der Waals surface area contributed by atoms with E-state index in [0.717, 1.165) is 32.2 Å². The van der Waals surface area contributed by atoms with Crippen LogP contribution in [0.3, 0.4) is 0 Å². The molecule has 0 bridgehead atoms. The molecule has 1 aromatic carbocycles. The maximum absolute atomic E-state index is 11.8. The SMILES string of the molecule is COC(=O)C1(Cc2ccc3c(c2)CCN3C)CC1. The van der Waals surface area contributed by atoms with Crippen LogP contribution < -0.4 is 4.90 Å². The average Bonchev–Trinajstić information content (AvgIpc) is 3.07. The number of anilines is 1. The predicted molar refractivity (Wildman–Crippen MR) is 70.8 cm³/mol. The Hall–Kier alpha value is -1.51. The highest BCUT2D eigenvalue weighted by Gasteiger charge is 2.50. The van der Waals surface area contributed by atoms with E-state index in [9.17, 15) is 4.79 Å². The number of ether oxygens (including phenoxy) is 1. The summed E-state index contributed by atoms with van der Waals surface area (Å²) in [4.78, 5) is 14.0. The molecule has 1 heterocycles. The predicted octanol–water partition coefficient (Wildman–Crippen LogP) is 2.17. The van der Waals surface area contributed by atoms with E-state index in [1.807, 2.05) is 0 Å². The molecule has 3 rings (SSSR count). The van der Waals surface area contributed by atoms with Crippen LogP contribution in [0.2, 0.25) is 0 Å². The second kappa shape index (κ2) is 4.01. The fourth-order valence-corrected chi connectivity index (χ4v) is 2.94. The number of rotatable bonds is 3. The number of hydrogen-bond donors (Lipinski definition) is 0. The third-order valence-corrected chi connectivity index (χ3v) is 4.29. The van der Waals surface area contributed by atoms with E-state index >= 15 is 0 Å². The lowest BCUT2D eigenvalue weighted by atomic mass is 9.95. The molecule has 96 valence electrons. The number of esters is 1. The number of fused-ring (bicyclic) bond motifs is 1. The van der Waals surface area contributed by atoms with Crippen LogP contribution in [-0.2, 0) is 22.4 Å². The first-order chi connectivity index (χ1) is 8.64. The molecule has 1 saturated carbocycles. The molecular weight excluding hydrogens is 226 g/mol. The summed E-state index contributed by atoms with van der Waals surface area (Å²) in [6.07, 6.45) is 3.88. The van der Waals surface area contributed by atoms with Gasteiger partial charge in [-0.15, -0.1) is 0 Å². The maximum atomic E-state index is 11.8. The Balaban J connectivity index is 1.81. The standard InChI is InChI=1S/C15H19NO2/c1-16-8-5-12-9-11(3-4-13(12)16)10-15(6-7-15)14(17)18-2/h3-4,9H,5-8,10H2,1-2H3. The number of likely N-dealkylation sites (N-methyl/N-ethyl adjacent to an activating group) is 1. The van der Waals surface area contributed by atoms with Gasteiger partial charge >= 0.3 is 5.97 Å². The van der Waals surface area contributed by atoms with Crippen LogP contribution in [0.1, 0.15) is 24.0 Å². The lowest BCUT2D eigenvalue weighted by molar-refractivity contribution is -0.147. The van der Waals surface area contributed by atoms with E-state index < -0.39 is 0 Å². The normalized spacial score (nSPS) is 19.6. The fraction of sp³-hybridized carbons (Fsp3) is 0.533. The lowest BCUT2D eigenvalue weighted by Gasteiger charge is -2.15. The van der Waals surface area contributed by atoms with E-state index in [0.29, 0.717) is 0 Å². The molecule has 1 aliphatic carbocycles. The van der Waals surface area contributed by atoms with Crippen molar-refractivity contribution in [3.63, 3.8) is 0 Å². The van der Waals surface area contributed by atoms with Gasteiger partial charge in [-0.05, 0) is 42.9 Å². The zero-order chi connectivity index (χ0) is 12.8. The topological polar surface area (TPSA) is 29.5 Å². The van der Waals surface area contributed by atoms with Crippen LogP contribution in [0.4, 0.5) is 5.69 Å². The van der Waals surface area contributed by atoms with E-state index in [-0.39, 0.29) is 11.4 Å². The van der Waals surface area contributed by atoms with Gasteiger partial charge in [0.2, 0.25) is 0 Å². The first-order valence-electron chi connectivity index (χ1n) is 6.56. The van der Waals surface area contributed by atoms with Crippen molar-refractivity contribution in [2.24, 2.45) is 5.41 Å². The smallest absolute Gasteiger partial charge is 0.312 e. The zero-order valence-corrected chi connectivity index (χ0v) is 11.0. The lowest BCUT2D eigenvalue weighted by Crippen LogP contribution is -2.20. The molecule has 0 atom stereocenters. The first kappa shape index (κ1) is 11.6. The summed E-state index contributed by atoms with van der Waals surface area (Å²) in [6, 6.07) is 6.61. The van der Waals surface area contributed by atoms with Crippen molar-refractivity contribution >= 4 is 11.7 Å². The summed E-state index contributed by atoms with van der Waals surface area (Å²) in [7, 11) is 3.61. The minimum atomic E-state index is -0.215. The van der Waals surface area contributed by atoms with Crippen molar-refractivity contribution < 1.29 is 9.53 Å². The average molecular weight is 245 g/mol. The molecule has 0 amide bonds. The van der Waals surface area contributed by atoms with Crippen molar-refractivity contribution in [2.75, 3.05) is 25.6 Å². The van der Waals surface area contributed by atoms with Gasteiger partial charge in [-0.1, -0.05) is 12.1 Å². The monoisotopic (exact) mass is 245 g/mol. The van der Waals surface area contributed by atoms with Crippen LogP contribution in [0.25, 0.3) is 0 Å². The van der Waals surface area contributed by atoms with Gasteiger partial charge in [0.1, 0.15) is 0 Å². The number of hydrogen-bond acceptors (Lipinski definition) is 3. The maximum Gasteiger partial charge on any atom is 0.312 e. The second-order valence-corrected chi connectivity index (χ2v) is 5.58. The molecule has 0 radical (unpaired) electrons.